The van der Waals surface area contributed by atoms with Gasteiger partial charge < -0.3 is 10.5 Å². The number of nitrogens with two attached hydrogens (primary N) is 1. The highest BCUT2D eigenvalue weighted by molar-refractivity contribution is 7.99. The molecule has 3 heterocycles. The number of aromatic nitrogens is 2. The maximum atomic E-state index is 13.3. The van der Waals surface area contributed by atoms with Crippen molar-refractivity contribution in [2.24, 2.45) is 0 Å². The molecule has 8 heteroatoms. The Kier molecular flexibility index (Phi) is 6.29. The number of benzene rings is 2. The summed E-state index contributed by atoms with van der Waals surface area (Å²) in [5.74, 6) is 0.611. The summed E-state index contributed by atoms with van der Waals surface area (Å²) in [6.07, 6.45) is 1.74. The molecule has 2 aromatic heterocycles. The van der Waals surface area contributed by atoms with E-state index >= 15 is 0 Å². The summed E-state index contributed by atoms with van der Waals surface area (Å²) in [5, 5.41) is 1.45. The largest absolute Gasteiger partial charge is 0.383 e. The number of amides is 1. The van der Waals surface area contributed by atoms with Gasteiger partial charge in [-0.3, -0.25) is 9.69 Å². The Morgan fingerprint density at radius 3 is 2.38 bits per heavy atom. The van der Waals surface area contributed by atoms with E-state index in [-0.39, 0.29) is 17.3 Å². The minimum absolute atomic E-state index is 0.0535. The molecular formula is C26H26N4O2S2. The molecule has 34 heavy (non-hydrogen) atoms. The Hall–Kier alpha value is -2.94. The lowest BCUT2D eigenvalue weighted by atomic mass is 9.90. The lowest BCUT2D eigenvalue weighted by Gasteiger charge is -2.33. The van der Waals surface area contributed by atoms with Crippen LogP contribution in [-0.4, -0.2) is 27.2 Å². The van der Waals surface area contributed by atoms with Crippen LogP contribution in [0.3, 0.4) is 0 Å². The summed E-state index contributed by atoms with van der Waals surface area (Å²) in [6, 6.07) is 19.3. The van der Waals surface area contributed by atoms with Crippen LogP contribution in [0.5, 0.6) is 0 Å². The molecule has 1 aliphatic rings. The number of nitrogen functional groups attached to an aromatic ring is 1. The van der Waals surface area contributed by atoms with Gasteiger partial charge in [0, 0.05) is 22.7 Å². The zero-order chi connectivity index (χ0) is 23.7. The van der Waals surface area contributed by atoms with Gasteiger partial charge in [0.2, 0.25) is 5.91 Å². The number of carbonyl (C=O) groups excluding carboxylic acids is 1. The van der Waals surface area contributed by atoms with E-state index in [1.807, 2.05) is 60.7 Å². The second-order valence-electron chi connectivity index (χ2n) is 8.53. The normalized spacial score (nSPS) is 17.5. The topological polar surface area (TPSA) is 81.3 Å². The maximum Gasteiger partial charge on any atom is 0.242 e. The highest BCUT2D eigenvalue weighted by atomic mass is 32.2. The number of thioether (sulfide) groups is 1. The van der Waals surface area contributed by atoms with Crippen molar-refractivity contribution in [2.75, 3.05) is 16.4 Å². The van der Waals surface area contributed by atoms with Gasteiger partial charge in [0.15, 0.2) is 5.16 Å². The van der Waals surface area contributed by atoms with E-state index in [0.717, 1.165) is 34.4 Å². The molecule has 0 radical (unpaired) electrons. The molecule has 4 aromatic rings. The van der Waals surface area contributed by atoms with E-state index in [2.05, 4.69) is 18.8 Å². The first kappa shape index (κ1) is 22.8. The second kappa shape index (κ2) is 9.37. The Balaban J connectivity index is 1.40. The van der Waals surface area contributed by atoms with Gasteiger partial charge >= 0.3 is 0 Å². The molecule has 1 atom stereocenters. The van der Waals surface area contributed by atoms with Gasteiger partial charge in [-0.15, -0.1) is 11.3 Å². The fourth-order valence-corrected chi connectivity index (χ4v) is 6.02. The summed E-state index contributed by atoms with van der Waals surface area (Å²) >= 11 is 2.92. The zero-order valence-corrected chi connectivity index (χ0v) is 20.8. The Morgan fingerprint density at radius 1 is 1.12 bits per heavy atom. The third-order valence-corrected chi connectivity index (χ3v) is 8.13. The van der Waals surface area contributed by atoms with Crippen LogP contribution in [0.15, 0.2) is 65.8 Å². The van der Waals surface area contributed by atoms with Crippen LogP contribution < -0.4 is 10.6 Å². The van der Waals surface area contributed by atoms with Gasteiger partial charge in [-0.05, 0) is 43.2 Å². The van der Waals surface area contributed by atoms with E-state index < -0.39 is 0 Å². The molecule has 2 aromatic carbocycles. The van der Waals surface area contributed by atoms with Gasteiger partial charge in [-0.1, -0.05) is 55.1 Å². The lowest BCUT2D eigenvalue weighted by Crippen LogP contribution is -2.33. The minimum atomic E-state index is -0.189. The molecule has 174 valence electrons. The predicted octanol–water partition coefficient (Wildman–Crippen LogP) is 5.97. The van der Waals surface area contributed by atoms with Crippen molar-refractivity contribution in [1.82, 2.24) is 9.97 Å². The molecular weight excluding hydrogens is 464 g/mol. The number of para-hydroxylation sites is 2. The summed E-state index contributed by atoms with van der Waals surface area (Å²) in [4.78, 5) is 26.4. The monoisotopic (exact) mass is 490 g/mol. The van der Waals surface area contributed by atoms with Crippen LogP contribution in [0, 0.1) is 0 Å². The molecule has 6 nitrogen and oxygen atoms in total. The van der Waals surface area contributed by atoms with Crippen LogP contribution in [0.4, 0.5) is 17.2 Å². The third-order valence-electron chi connectivity index (χ3n) is 6.19. The molecule has 0 unspecified atom stereocenters. The number of ether oxygens (including phenoxy) is 1. The van der Waals surface area contributed by atoms with E-state index in [4.69, 9.17) is 15.5 Å². The highest BCUT2D eigenvalue weighted by Crippen LogP contribution is 2.41. The van der Waals surface area contributed by atoms with Gasteiger partial charge in [0.1, 0.15) is 10.6 Å². The van der Waals surface area contributed by atoms with Crippen LogP contribution in [0.1, 0.15) is 30.7 Å². The quantitative estimate of drug-likeness (QED) is 0.265. The first-order chi connectivity index (χ1) is 16.5. The van der Waals surface area contributed by atoms with Crippen LogP contribution in [0.2, 0.25) is 0 Å². The summed E-state index contributed by atoms with van der Waals surface area (Å²) in [5.41, 5.74) is 9.07. The Morgan fingerprint density at radius 2 is 1.76 bits per heavy atom. The van der Waals surface area contributed by atoms with Gasteiger partial charge in [-0.25, -0.2) is 9.97 Å². The molecule has 0 saturated carbocycles. The number of carbonyl (C=O) groups is 1. The van der Waals surface area contributed by atoms with E-state index in [1.165, 1.54) is 22.2 Å². The van der Waals surface area contributed by atoms with Crippen LogP contribution >= 0.6 is 23.1 Å². The smallest absolute Gasteiger partial charge is 0.242 e. The molecule has 0 fully saturated rings. The SMILES string of the molecule is CC[C@@]1(C)Cc2c(sc3nc(SCC(=O)N(c4ccccc4)c4ccccc4)nc(N)c23)CO1. The Bertz CT molecular complexity index is 1290. The van der Waals surface area contributed by atoms with Crippen molar-refractivity contribution in [3.63, 3.8) is 0 Å². The fraction of sp³-hybridized carbons (Fsp3) is 0.269. The summed E-state index contributed by atoms with van der Waals surface area (Å²) in [6.45, 7) is 4.85. The number of rotatable bonds is 6. The van der Waals surface area contributed by atoms with Crippen molar-refractivity contribution in [3.05, 3.63) is 71.1 Å². The van der Waals surface area contributed by atoms with Gasteiger partial charge in [0.05, 0.1) is 23.3 Å². The number of hydrogen-bond donors (Lipinski definition) is 1. The lowest BCUT2D eigenvalue weighted by molar-refractivity contribution is -0.115. The van der Waals surface area contributed by atoms with Crippen LogP contribution in [-0.2, 0) is 22.6 Å². The average Bonchev–Trinajstić information content (AvgIpc) is 3.22. The number of hydrogen-bond acceptors (Lipinski definition) is 7. The molecule has 1 aliphatic heterocycles. The van der Waals surface area contributed by atoms with Crippen LogP contribution in [0.25, 0.3) is 10.2 Å². The molecule has 0 bridgehead atoms. The summed E-state index contributed by atoms with van der Waals surface area (Å²) < 4.78 is 6.10. The fourth-order valence-electron chi connectivity index (χ4n) is 4.15. The molecule has 0 saturated heterocycles. The molecule has 1 amide bonds. The first-order valence-electron chi connectivity index (χ1n) is 11.2. The standard InChI is InChI=1S/C26H26N4O2S2/c1-3-26(2)14-19-20(15-32-26)34-24-22(19)23(27)28-25(29-24)33-16-21(31)30(17-10-6-4-7-11-17)18-12-8-5-9-13-18/h4-13H,3,14-16H2,1-2H3,(H2,27,28,29)/t26-/m0/s1. The minimum Gasteiger partial charge on any atom is -0.383 e. The highest BCUT2D eigenvalue weighted by Gasteiger charge is 2.33. The number of thiophene rings is 1. The second-order valence-corrected chi connectivity index (χ2v) is 10.6. The van der Waals surface area contributed by atoms with Gasteiger partial charge in [-0.2, -0.15) is 0 Å². The number of fused-ring (bicyclic) bond motifs is 3. The van der Waals surface area contributed by atoms with E-state index in [1.54, 1.807) is 16.2 Å². The Labute approximate surface area is 207 Å². The van der Waals surface area contributed by atoms with E-state index in [0.29, 0.717) is 17.6 Å². The van der Waals surface area contributed by atoms with E-state index in [9.17, 15) is 4.79 Å². The average molecular weight is 491 g/mol. The predicted molar refractivity (Wildman–Crippen MR) is 140 cm³/mol. The number of nitrogens with zero attached hydrogens (tertiary/aromatic N) is 3. The van der Waals surface area contributed by atoms with Crippen molar-refractivity contribution in [2.45, 2.75) is 44.1 Å². The van der Waals surface area contributed by atoms with Crippen molar-refractivity contribution in [3.8, 4) is 0 Å². The number of anilines is 3. The zero-order valence-electron chi connectivity index (χ0n) is 19.2. The molecule has 0 spiro atoms. The van der Waals surface area contributed by atoms with Crippen molar-refractivity contribution < 1.29 is 9.53 Å². The molecule has 5 rings (SSSR count). The first-order valence-corrected chi connectivity index (χ1v) is 13.1. The maximum absolute atomic E-state index is 13.3. The third kappa shape index (κ3) is 4.41. The van der Waals surface area contributed by atoms with Crippen molar-refractivity contribution in [1.29, 1.82) is 0 Å². The summed E-state index contributed by atoms with van der Waals surface area (Å²) in [7, 11) is 0. The van der Waals surface area contributed by atoms with Crippen molar-refractivity contribution >= 4 is 56.4 Å². The molecule has 0 aliphatic carbocycles. The molecule has 2 N–H and O–H groups in total. The van der Waals surface area contributed by atoms with Gasteiger partial charge in [0.25, 0.3) is 0 Å².